The second-order valence-electron chi connectivity index (χ2n) is 5.17. The molecule has 0 aliphatic heterocycles. The van der Waals surface area contributed by atoms with Crippen molar-refractivity contribution in [2.24, 2.45) is 0 Å². The molecule has 0 unspecified atom stereocenters. The van der Waals surface area contributed by atoms with E-state index in [4.69, 9.17) is 0 Å². The number of carbonyl (C=O) groups is 1. The van der Waals surface area contributed by atoms with E-state index in [2.05, 4.69) is 4.98 Å². The third-order valence-electron chi connectivity index (χ3n) is 3.37. The van der Waals surface area contributed by atoms with Gasteiger partial charge in [-0.05, 0) is 24.6 Å². The number of aromatic hydroxyl groups is 1. The third-order valence-corrected chi connectivity index (χ3v) is 4.25. The summed E-state index contributed by atoms with van der Waals surface area (Å²) < 4.78 is 0. The van der Waals surface area contributed by atoms with E-state index in [1.54, 1.807) is 18.2 Å². The van der Waals surface area contributed by atoms with Crippen molar-refractivity contribution in [1.29, 1.82) is 0 Å². The average Bonchev–Trinajstić information content (AvgIpc) is 3.00. The number of nitrogens with zero attached hydrogens (tertiary/aromatic N) is 1. The minimum Gasteiger partial charge on any atom is -0.508 e. The van der Waals surface area contributed by atoms with Gasteiger partial charge in [0.1, 0.15) is 5.75 Å². The lowest BCUT2D eigenvalue weighted by atomic mass is 10.1. The molecule has 110 valence electrons. The van der Waals surface area contributed by atoms with E-state index in [9.17, 15) is 9.90 Å². The third kappa shape index (κ3) is 3.23. The van der Waals surface area contributed by atoms with Crippen molar-refractivity contribution >= 4 is 17.1 Å². The molecule has 1 N–H and O–H groups in total. The first-order valence-electron chi connectivity index (χ1n) is 6.95. The Bertz CT molecular complexity index is 806. The molecular formula is C18H15NO2S. The van der Waals surface area contributed by atoms with Gasteiger partial charge in [0.05, 0.1) is 5.69 Å². The maximum Gasteiger partial charge on any atom is 0.195 e. The van der Waals surface area contributed by atoms with E-state index in [0.717, 1.165) is 11.1 Å². The maximum absolute atomic E-state index is 12.3. The van der Waals surface area contributed by atoms with Gasteiger partial charge >= 0.3 is 0 Å². The number of carbonyl (C=O) groups excluding carboxylic acids is 1. The summed E-state index contributed by atoms with van der Waals surface area (Å²) in [4.78, 5) is 16.7. The number of aromatic nitrogens is 1. The summed E-state index contributed by atoms with van der Waals surface area (Å²) in [5.74, 6) is 0.207. The van der Waals surface area contributed by atoms with E-state index in [0.29, 0.717) is 17.1 Å². The van der Waals surface area contributed by atoms with Crippen LogP contribution < -0.4 is 0 Å². The van der Waals surface area contributed by atoms with Crippen molar-refractivity contribution < 1.29 is 9.90 Å². The highest BCUT2D eigenvalue weighted by molar-refractivity contribution is 7.12. The van der Waals surface area contributed by atoms with Crippen LogP contribution in [-0.2, 0) is 6.42 Å². The Morgan fingerprint density at radius 1 is 1.18 bits per heavy atom. The molecule has 0 radical (unpaired) electrons. The summed E-state index contributed by atoms with van der Waals surface area (Å²) >= 11 is 1.34. The molecule has 0 bridgehead atoms. The Hall–Kier alpha value is -2.46. The summed E-state index contributed by atoms with van der Waals surface area (Å²) in [5, 5.41) is 11.9. The van der Waals surface area contributed by atoms with Crippen molar-refractivity contribution in [3.63, 3.8) is 0 Å². The van der Waals surface area contributed by atoms with Gasteiger partial charge in [0.25, 0.3) is 0 Å². The van der Waals surface area contributed by atoms with Crippen LogP contribution in [0.25, 0.3) is 11.3 Å². The van der Waals surface area contributed by atoms with E-state index >= 15 is 0 Å². The molecule has 2 aromatic carbocycles. The predicted molar refractivity (Wildman–Crippen MR) is 88.4 cm³/mol. The molecule has 3 aromatic rings. The van der Waals surface area contributed by atoms with E-state index in [1.807, 2.05) is 42.6 Å². The standard InChI is InChI=1S/C18H15NO2S/c1-12-5-7-13(8-6-12)9-17(21)18-19-16(11-22-18)14-3-2-4-15(20)10-14/h2-8,10-11,20H,9H2,1H3. The van der Waals surface area contributed by atoms with Gasteiger partial charge in [-0.1, -0.05) is 42.0 Å². The van der Waals surface area contributed by atoms with Crippen LogP contribution >= 0.6 is 11.3 Å². The second kappa shape index (κ2) is 6.12. The Morgan fingerprint density at radius 3 is 2.68 bits per heavy atom. The van der Waals surface area contributed by atoms with Gasteiger partial charge in [0.15, 0.2) is 10.8 Å². The topological polar surface area (TPSA) is 50.2 Å². The number of hydrogen-bond acceptors (Lipinski definition) is 4. The number of rotatable bonds is 4. The van der Waals surface area contributed by atoms with Gasteiger partial charge in [-0.15, -0.1) is 11.3 Å². The van der Waals surface area contributed by atoms with Crippen LogP contribution in [0.15, 0.2) is 53.9 Å². The van der Waals surface area contributed by atoms with Crippen molar-refractivity contribution in [3.8, 4) is 17.0 Å². The molecule has 0 aliphatic carbocycles. The fourth-order valence-corrected chi connectivity index (χ4v) is 2.93. The quantitative estimate of drug-likeness (QED) is 0.733. The van der Waals surface area contributed by atoms with Crippen molar-refractivity contribution in [2.75, 3.05) is 0 Å². The average molecular weight is 309 g/mol. The molecule has 0 amide bonds. The fourth-order valence-electron chi connectivity index (χ4n) is 2.17. The van der Waals surface area contributed by atoms with Gasteiger partial charge in [0.2, 0.25) is 0 Å². The maximum atomic E-state index is 12.3. The van der Waals surface area contributed by atoms with Gasteiger partial charge in [0, 0.05) is 17.4 Å². The minimum absolute atomic E-state index is 0.0141. The zero-order chi connectivity index (χ0) is 15.5. The highest BCUT2D eigenvalue weighted by Gasteiger charge is 2.13. The summed E-state index contributed by atoms with van der Waals surface area (Å²) in [6.07, 6.45) is 0.354. The summed E-state index contributed by atoms with van der Waals surface area (Å²) in [6.45, 7) is 2.02. The zero-order valence-corrected chi connectivity index (χ0v) is 12.9. The molecule has 4 heteroatoms. The number of thiazole rings is 1. The fraction of sp³-hybridized carbons (Fsp3) is 0.111. The van der Waals surface area contributed by atoms with Gasteiger partial charge in [-0.2, -0.15) is 0 Å². The Balaban J connectivity index is 1.78. The van der Waals surface area contributed by atoms with E-state index < -0.39 is 0 Å². The number of Topliss-reactive ketones (excluding diaryl/α,β-unsaturated/α-hetero) is 1. The molecule has 0 saturated heterocycles. The Morgan fingerprint density at radius 2 is 1.95 bits per heavy atom. The molecule has 0 fully saturated rings. The zero-order valence-electron chi connectivity index (χ0n) is 12.1. The molecular weight excluding hydrogens is 294 g/mol. The molecule has 0 spiro atoms. The van der Waals surface area contributed by atoms with Crippen LogP contribution in [0.2, 0.25) is 0 Å². The van der Waals surface area contributed by atoms with Crippen LogP contribution in [-0.4, -0.2) is 15.9 Å². The first kappa shape index (κ1) is 14.5. The first-order chi connectivity index (χ1) is 10.6. The lowest BCUT2D eigenvalue weighted by Gasteiger charge is -2.00. The second-order valence-corrected chi connectivity index (χ2v) is 6.03. The Kier molecular flexibility index (Phi) is 4.02. The van der Waals surface area contributed by atoms with E-state index in [-0.39, 0.29) is 11.5 Å². The monoisotopic (exact) mass is 309 g/mol. The normalized spacial score (nSPS) is 10.6. The molecule has 1 aromatic heterocycles. The molecule has 22 heavy (non-hydrogen) atoms. The number of benzene rings is 2. The SMILES string of the molecule is Cc1ccc(CC(=O)c2nc(-c3cccc(O)c3)cs2)cc1. The molecule has 0 saturated carbocycles. The van der Waals surface area contributed by atoms with E-state index in [1.165, 1.54) is 16.9 Å². The highest BCUT2D eigenvalue weighted by atomic mass is 32.1. The molecule has 3 rings (SSSR count). The Labute approximate surface area is 132 Å². The largest absolute Gasteiger partial charge is 0.508 e. The lowest BCUT2D eigenvalue weighted by Crippen LogP contribution is -2.03. The van der Waals surface area contributed by atoms with Gasteiger partial charge < -0.3 is 5.11 Å². The molecule has 3 nitrogen and oxygen atoms in total. The highest BCUT2D eigenvalue weighted by Crippen LogP contribution is 2.25. The number of phenols is 1. The first-order valence-corrected chi connectivity index (χ1v) is 7.83. The van der Waals surface area contributed by atoms with Crippen molar-refractivity contribution in [3.05, 3.63) is 70.0 Å². The molecule has 1 heterocycles. The van der Waals surface area contributed by atoms with Gasteiger partial charge in [-0.25, -0.2) is 4.98 Å². The predicted octanol–water partition coefficient (Wildman–Crippen LogP) is 4.25. The smallest absolute Gasteiger partial charge is 0.195 e. The van der Waals surface area contributed by atoms with Crippen LogP contribution in [0, 0.1) is 6.92 Å². The van der Waals surface area contributed by atoms with Crippen LogP contribution in [0.4, 0.5) is 0 Å². The summed E-state index contributed by atoms with van der Waals surface area (Å²) in [7, 11) is 0. The lowest BCUT2D eigenvalue weighted by molar-refractivity contribution is 0.0992. The van der Waals surface area contributed by atoms with Gasteiger partial charge in [-0.3, -0.25) is 4.79 Å². The van der Waals surface area contributed by atoms with Crippen LogP contribution in [0.1, 0.15) is 20.9 Å². The number of phenolic OH excluding ortho intramolecular Hbond substituents is 1. The minimum atomic E-state index is 0.0141. The number of aryl methyl sites for hydroxylation is 1. The van der Waals surface area contributed by atoms with Crippen molar-refractivity contribution in [2.45, 2.75) is 13.3 Å². The number of hydrogen-bond donors (Lipinski definition) is 1. The summed E-state index contributed by atoms with van der Waals surface area (Å²) in [5.41, 5.74) is 3.69. The summed E-state index contributed by atoms with van der Waals surface area (Å²) in [6, 6.07) is 14.8. The van der Waals surface area contributed by atoms with Crippen molar-refractivity contribution in [1.82, 2.24) is 4.98 Å². The molecule has 0 aliphatic rings. The number of ketones is 1. The van der Waals surface area contributed by atoms with Crippen LogP contribution in [0.5, 0.6) is 5.75 Å². The molecule has 0 atom stereocenters. The van der Waals surface area contributed by atoms with Crippen LogP contribution in [0.3, 0.4) is 0 Å².